The van der Waals surface area contributed by atoms with Gasteiger partial charge in [0, 0.05) is 24.5 Å². The molecule has 3 aromatic rings. The number of anilines is 1. The standard InChI is InChI=1S/C28H32ClN3O5S/c1-4-30-28(34)25(18-21-12-6-5-7-13-21)31(19-22-14-8-9-15-23(22)29)27(33)20-32(38(3,35)36)24-16-10-11-17-26(24)37-2/h5-17,25H,4,18-20H2,1-3H3,(H,30,34)/t25-/m0/s1. The van der Waals surface area contributed by atoms with E-state index in [0.29, 0.717) is 22.9 Å². The number of hydrogen-bond acceptors (Lipinski definition) is 5. The maximum atomic E-state index is 14.0. The van der Waals surface area contributed by atoms with Crippen LogP contribution >= 0.6 is 11.6 Å². The Bertz CT molecular complexity index is 1350. The molecule has 0 saturated heterocycles. The van der Waals surface area contributed by atoms with Crippen LogP contribution in [0.1, 0.15) is 18.1 Å². The number of halogens is 1. The Kier molecular flexibility index (Phi) is 10.2. The molecule has 1 atom stereocenters. The van der Waals surface area contributed by atoms with Crippen LogP contribution in [-0.2, 0) is 32.6 Å². The van der Waals surface area contributed by atoms with Crippen molar-refractivity contribution < 1.29 is 22.7 Å². The molecule has 0 heterocycles. The van der Waals surface area contributed by atoms with Crippen molar-refractivity contribution >= 4 is 39.1 Å². The SMILES string of the molecule is CCNC(=O)[C@H](Cc1ccccc1)N(Cc1ccccc1Cl)C(=O)CN(c1ccccc1OC)S(C)(=O)=O. The van der Waals surface area contributed by atoms with Crippen molar-refractivity contribution in [2.45, 2.75) is 25.9 Å². The maximum absolute atomic E-state index is 14.0. The van der Waals surface area contributed by atoms with Crippen molar-refractivity contribution in [2.75, 3.05) is 30.8 Å². The van der Waals surface area contributed by atoms with Gasteiger partial charge in [-0.1, -0.05) is 72.3 Å². The average molecular weight is 558 g/mol. The molecule has 0 fully saturated rings. The van der Waals surface area contributed by atoms with Gasteiger partial charge in [-0.05, 0) is 36.2 Å². The minimum atomic E-state index is -3.90. The molecule has 202 valence electrons. The van der Waals surface area contributed by atoms with Crippen LogP contribution in [0, 0.1) is 0 Å². The van der Waals surface area contributed by atoms with E-state index in [1.165, 1.54) is 12.0 Å². The molecule has 0 saturated carbocycles. The highest BCUT2D eigenvalue weighted by molar-refractivity contribution is 7.92. The molecule has 0 bridgehead atoms. The summed E-state index contributed by atoms with van der Waals surface area (Å²) in [5.74, 6) is -0.610. The van der Waals surface area contributed by atoms with Crippen LogP contribution in [0.4, 0.5) is 5.69 Å². The Morgan fingerprint density at radius 3 is 2.24 bits per heavy atom. The quantitative estimate of drug-likeness (QED) is 0.364. The van der Waals surface area contributed by atoms with Gasteiger partial charge in [0.2, 0.25) is 21.8 Å². The van der Waals surface area contributed by atoms with Gasteiger partial charge in [-0.3, -0.25) is 13.9 Å². The number of carbonyl (C=O) groups is 2. The molecule has 1 N–H and O–H groups in total. The Labute approximate surface area is 229 Å². The summed E-state index contributed by atoms with van der Waals surface area (Å²) in [7, 11) is -2.47. The minimum Gasteiger partial charge on any atom is -0.495 e. The highest BCUT2D eigenvalue weighted by atomic mass is 35.5. The van der Waals surface area contributed by atoms with E-state index in [1.807, 2.05) is 30.3 Å². The fourth-order valence-corrected chi connectivity index (χ4v) is 5.14. The van der Waals surface area contributed by atoms with Crippen molar-refractivity contribution in [3.8, 4) is 5.75 Å². The van der Waals surface area contributed by atoms with Crippen LogP contribution in [0.15, 0.2) is 78.9 Å². The molecule has 0 aliphatic carbocycles. The zero-order valence-electron chi connectivity index (χ0n) is 21.6. The van der Waals surface area contributed by atoms with Crippen LogP contribution in [0.3, 0.4) is 0 Å². The fraction of sp³-hybridized carbons (Fsp3) is 0.286. The molecule has 3 rings (SSSR count). The first kappa shape index (κ1) is 29.0. The predicted octanol–water partition coefficient (Wildman–Crippen LogP) is 3.89. The Morgan fingerprint density at radius 2 is 1.61 bits per heavy atom. The van der Waals surface area contributed by atoms with E-state index in [2.05, 4.69) is 5.32 Å². The van der Waals surface area contributed by atoms with E-state index in [4.69, 9.17) is 16.3 Å². The van der Waals surface area contributed by atoms with Crippen LogP contribution < -0.4 is 14.4 Å². The van der Waals surface area contributed by atoms with E-state index in [-0.39, 0.29) is 24.6 Å². The zero-order valence-corrected chi connectivity index (χ0v) is 23.2. The summed E-state index contributed by atoms with van der Waals surface area (Å²) in [5, 5.41) is 3.25. The smallest absolute Gasteiger partial charge is 0.244 e. The number of benzene rings is 3. The molecule has 3 aromatic carbocycles. The Balaban J connectivity index is 2.07. The van der Waals surface area contributed by atoms with Crippen LogP contribution in [-0.4, -0.2) is 57.6 Å². The first-order valence-corrected chi connectivity index (χ1v) is 14.3. The van der Waals surface area contributed by atoms with E-state index in [1.54, 1.807) is 55.5 Å². The number of ether oxygens (including phenoxy) is 1. The van der Waals surface area contributed by atoms with Gasteiger partial charge >= 0.3 is 0 Å². The average Bonchev–Trinajstić information content (AvgIpc) is 2.90. The third-order valence-electron chi connectivity index (χ3n) is 5.95. The lowest BCUT2D eigenvalue weighted by Gasteiger charge is -2.33. The lowest BCUT2D eigenvalue weighted by Crippen LogP contribution is -2.53. The van der Waals surface area contributed by atoms with Crippen molar-refractivity contribution in [1.82, 2.24) is 10.2 Å². The van der Waals surface area contributed by atoms with E-state index >= 15 is 0 Å². The van der Waals surface area contributed by atoms with Crippen molar-refractivity contribution in [3.05, 3.63) is 95.0 Å². The normalized spacial score (nSPS) is 11.9. The van der Waals surface area contributed by atoms with Gasteiger partial charge < -0.3 is 15.0 Å². The molecule has 2 amide bonds. The van der Waals surface area contributed by atoms with Crippen LogP contribution in [0.25, 0.3) is 0 Å². The van der Waals surface area contributed by atoms with E-state index in [9.17, 15) is 18.0 Å². The summed E-state index contributed by atoms with van der Waals surface area (Å²) in [6.45, 7) is 1.64. The monoisotopic (exact) mass is 557 g/mol. The highest BCUT2D eigenvalue weighted by Gasteiger charge is 2.33. The maximum Gasteiger partial charge on any atom is 0.244 e. The summed E-state index contributed by atoms with van der Waals surface area (Å²) in [4.78, 5) is 28.7. The van der Waals surface area contributed by atoms with Crippen molar-refractivity contribution in [2.24, 2.45) is 0 Å². The number of nitrogens with one attached hydrogen (secondary N) is 1. The third-order valence-corrected chi connectivity index (χ3v) is 7.45. The van der Waals surface area contributed by atoms with Crippen molar-refractivity contribution in [1.29, 1.82) is 0 Å². The summed E-state index contributed by atoms with van der Waals surface area (Å²) in [5.41, 5.74) is 1.71. The Hall–Kier alpha value is -3.56. The Morgan fingerprint density at radius 1 is 0.974 bits per heavy atom. The molecule has 0 spiro atoms. The number of hydrogen-bond donors (Lipinski definition) is 1. The number of amides is 2. The second-order valence-electron chi connectivity index (χ2n) is 8.65. The van der Waals surface area contributed by atoms with Gasteiger partial charge in [-0.2, -0.15) is 0 Å². The largest absolute Gasteiger partial charge is 0.495 e. The third kappa shape index (κ3) is 7.49. The molecule has 0 aliphatic heterocycles. The van der Waals surface area contributed by atoms with Gasteiger partial charge in [-0.25, -0.2) is 8.42 Å². The van der Waals surface area contributed by atoms with Gasteiger partial charge in [0.15, 0.2) is 0 Å². The fourth-order valence-electron chi connectivity index (χ4n) is 4.09. The number of methoxy groups -OCH3 is 1. The summed E-state index contributed by atoms with van der Waals surface area (Å²) >= 11 is 6.43. The highest BCUT2D eigenvalue weighted by Crippen LogP contribution is 2.30. The topological polar surface area (TPSA) is 96.0 Å². The lowest BCUT2D eigenvalue weighted by atomic mass is 10.0. The van der Waals surface area contributed by atoms with Gasteiger partial charge in [0.05, 0.1) is 19.1 Å². The number of carbonyl (C=O) groups excluding carboxylic acids is 2. The van der Waals surface area contributed by atoms with Gasteiger partial charge in [0.25, 0.3) is 0 Å². The van der Waals surface area contributed by atoms with E-state index < -0.39 is 28.5 Å². The summed E-state index contributed by atoms with van der Waals surface area (Å²) < 4.78 is 32.1. The molecular formula is C28H32ClN3O5S. The lowest BCUT2D eigenvalue weighted by molar-refractivity contribution is -0.140. The number of para-hydroxylation sites is 2. The molecule has 10 heteroatoms. The minimum absolute atomic E-state index is 0.0106. The second kappa shape index (κ2) is 13.3. The summed E-state index contributed by atoms with van der Waals surface area (Å²) in [6.07, 6.45) is 1.26. The first-order chi connectivity index (χ1) is 18.2. The molecule has 0 unspecified atom stereocenters. The first-order valence-electron chi connectivity index (χ1n) is 12.1. The number of sulfonamides is 1. The molecule has 0 aromatic heterocycles. The molecule has 38 heavy (non-hydrogen) atoms. The predicted molar refractivity (Wildman–Crippen MR) is 150 cm³/mol. The van der Waals surface area contributed by atoms with Gasteiger partial charge in [0.1, 0.15) is 18.3 Å². The summed E-state index contributed by atoms with van der Waals surface area (Å²) in [6, 6.07) is 22.0. The number of rotatable bonds is 12. The second-order valence-corrected chi connectivity index (χ2v) is 11.0. The number of likely N-dealkylation sites (N-methyl/N-ethyl adjacent to an activating group) is 1. The molecular weight excluding hydrogens is 526 g/mol. The molecule has 0 radical (unpaired) electrons. The number of nitrogens with zero attached hydrogens (tertiary/aromatic N) is 2. The van der Waals surface area contributed by atoms with E-state index in [0.717, 1.165) is 16.1 Å². The van der Waals surface area contributed by atoms with Crippen LogP contribution in [0.2, 0.25) is 5.02 Å². The zero-order chi connectivity index (χ0) is 27.7. The molecule has 0 aliphatic rings. The van der Waals surface area contributed by atoms with Crippen molar-refractivity contribution in [3.63, 3.8) is 0 Å². The van der Waals surface area contributed by atoms with Crippen LogP contribution in [0.5, 0.6) is 5.75 Å². The van der Waals surface area contributed by atoms with Gasteiger partial charge in [-0.15, -0.1) is 0 Å². The molecule has 8 nitrogen and oxygen atoms in total.